The summed E-state index contributed by atoms with van der Waals surface area (Å²) >= 11 is 0. The van der Waals surface area contributed by atoms with Crippen LogP contribution in [-0.4, -0.2) is 35.8 Å². The Labute approximate surface area is 132 Å². The molecule has 0 amide bonds. The molecule has 2 aromatic rings. The number of benzene rings is 1. The Morgan fingerprint density at radius 1 is 1.18 bits per heavy atom. The van der Waals surface area contributed by atoms with Gasteiger partial charge >= 0.3 is 0 Å². The molecule has 3 nitrogen and oxygen atoms in total. The molecule has 3 rings (SSSR count). The number of rotatable bonds is 2. The standard InChI is InChI=1S/C19H26N2O/c1-19(2,3)15-5-6-16-14(11-15)12-17(20-16)18(22)13-7-9-21(4)10-8-13/h5-6,11-13,20H,7-10H2,1-4H3. The third kappa shape index (κ3) is 2.95. The molecule has 1 N–H and O–H groups in total. The number of nitrogens with zero attached hydrogens (tertiary/aromatic N) is 1. The first-order valence-corrected chi connectivity index (χ1v) is 8.20. The van der Waals surface area contributed by atoms with E-state index in [1.807, 2.05) is 6.07 Å². The maximum absolute atomic E-state index is 12.7. The predicted molar refractivity (Wildman–Crippen MR) is 91.6 cm³/mol. The fraction of sp³-hybridized carbons (Fsp3) is 0.526. The molecule has 0 radical (unpaired) electrons. The van der Waals surface area contributed by atoms with Gasteiger partial charge in [-0.15, -0.1) is 0 Å². The van der Waals surface area contributed by atoms with E-state index >= 15 is 0 Å². The summed E-state index contributed by atoms with van der Waals surface area (Å²) in [6.45, 7) is 8.68. The number of Topliss-reactive ketones (excluding diaryl/α,β-unsaturated/α-hetero) is 1. The molecule has 3 heteroatoms. The topological polar surface area (TPSA) is 36.1 Å². The Morgan fingerprint density at radius 3 is 2.50 bits per heavy atom. The molecule has 2 heterocycles. The zero-order valence-electron chi connectivity index (χ0n) is 14.1. The fourth-order valence-electron chi connectivity index (χ4n) is 3.22. The van der Waals surface area contributed by atoms with E-state index < -0.39 is 0 Å². The smallest absolute Gasteiger partial charge is 0.182 e. The molecule has 0 unspecified atom stereocenters. The third-order valence-electron chi connectivity index (χ3n) is 4.84. The van der Waals surface area contributed by atoms with E-state index in [1.165, 1.54) is 5.56 Å². The Bertz CT molecular complexity index is 685. The summed E-state index contributed by atoms with van der Waals surface area (Å²) in [5.74, 6) is 0.452. The van der Waals surface area contributed by atoms with Gasteiger partial charge in [0.2, 0.25) is 0 Å². The first-order chi connectivity index (χ1) is 10.3. The lowest BCUT2D eigenvalue weighted by Crippen LogP contribution is -2.33. The average molecular weight is 298 g/mol. The number of ketones is 1. The van der Waals surface area contributed by atoms with Crippen LogP contribution in [0, 0.1) is 5.92 Å². The van der Waals surface area contributed by atoms with Crippen molar-refractivity contribution in [3.63, 3.8) is 0 Å². The minimum atomic E-state index is 0.129. The second-order valence-electron chi connectivity index (χ2n) is 7.68. The molecule has 0 bridgehead atoms. The summed E-state index contributed by atoms with van der Waals surface area (Å²) in [6.07, 6.45) is 1.94. The van der Waals surface area contributed by atoms with Crippen molar-refractivity contribution in [3.05, 3.63) is 35.5 Å². The monoisotopic (exact) mass is 298 g/mol. The summed E-state index contributed by atoms with van der Waals surface area (Å²) in [5, 5.41) is 1.14. The van der Waals surface area contributed by atoms with Gasteiger partial charge in [0.15, 0.2) is 5.78 Å². The molecular weight excluding hydrogens is 272 g/mol. The van der Waals surface area contributed by atoms with Crippen LogP contribution in [0.3, 0.4) is 0 Å². The van der Waals surface area contributed by atoms with E-state index in [2.05, 4.69) is 55.9 Å². The molecule has 0 saturated carbocycles. The minimum Gasteiger partial charge on any atom is -0.352 e. The van der Waals surface area contributed by atoms with Crippen LogP contribution >= 0.6 is 0 Å². The summed E-state index contributed by atoms with van der Waals surface area (Å²) < 4.78 is 0. The number of carbonyl (C=O) groups excluding carboxylic acids is 1. The first-order valence-electron chi connectivity index (χ1n) is 8.20. The molecule has 1 aliphatic heterocycles. The van der Waals surface area contributed by atoms with E-state index in [0.717, 1.165) is 42.5 Å². The lowest BCUT2D eigenvalue weighted by Gasteiger charge is -2.27. The molecule has 0 atom stereocenters. The minimum absolute atomic E-state index is 0.129. The second-order valence-corrected chi connectivity index (χ2v) is 7.68. The number of fused-ring (bicyclic) bond motifs is 1. The van der Waals surface area contributed by atoms with Crippen molar-refractivity contribution >= 4 is 16.7 Å². The molecule has 1 saturated heterocycles. The van der Waals surface area contributed by atoms with E-state index in [1.54, 1.807) is 0 Å². The van der Waals surface area contributed by atoms with Crippen molar-refractivity contribution in [3.8, 4) is 0 Å². The molecule has 118 valence electrons. The highest BCUT2D eigenvalue weighted by Gasteiger charge is 2.25. The van der Waals surface area contributed by atoms with E-state index in [4.69, 9.17) is 0 Å². The van der Waals surface area contributed by atoms with Gasteiger partial charge in [-0.2, -0.15) is 0 Å². The maximum Gasteiger partial charge on any atom is 0.182 e. The number of aromatic nitrogens is 1. The maximum atomic E-state index is 12.7. The van der Waals surface area contributed by atoms with Crippen molar-refractivity contribution in [2.45, 2.75) is 39.0 Å². The third-order valence-corrected chi connectivity index (χ3v) is 4.84. The summed E-state index contributed by atoms with van der Waals surface area (Å²) in [4.78, 5) is 18.3. The van der Waals surface area contributed by atoms with Gasteiger partial charge in [0.05, 0.1) is 5.69 Å². The van der Waals surface area contributed by atoms with Crippen LogP contribution in [0.4, 0.5) is 0 Å². The SMILES string of the molecule is CN1CCC(C(=O)c2cc3cc(C(C)(C)C)ccc3[nH]2)CC1. The highest BCUT2D eigenvalue weighted by Crippen LogP contribution is 2.28. The Balaban J connectivity index is 1.87. The van der Waals surface area contributed by atoms with Crippen LogP contribution in [-0.2, 0) is 5.41 Å². The number of hydrogen-bond acceptors (Lipinski definition) is 2. The van der Waals surface area contributed by atoms with E-state index in [9.17, 15) is 4.79 Å². The van der Waals surface area contributed by atoms with Crippen LogP contribution in [0.1, 0.15) is 49.7 Å². The van der Waals surface area contributed by atoms with Crippen molar-refractivity contribution in [2.24, 2.45) is 5.92 Å². The summed E-state index contributed by atoms with van der Waals surface area (Å²) in [7, 11) is 2.12. The number of H-pyrrole nitrogens is 1. The first kappa shape index (κ1) is 15.3. The normalized spacial score (nSPS) is 18.0. The number of nitrogens with one attached hydrogen (secondary N) is 1. The van der Waals surface area contributed by atoms with Crippen LogP contribution in [0.25, 0.3) is 10.9 Å². The van der Waals surface area contributed by atoms with Crippen LogP contribution in [0.15, 0.2) is 24.3 Å². The summed E-state index contributed by atoms with van der Waals surface area (Å²) in [6, 6.07) is 8.49. The van der Waals surface area contributed by atoms with Gasteiger partial charge in [0, 0.05) is 16.8 Å². The van der Waals surface area contributed by atoms with Gasteiger partial charge in [0.25, 0.3) is 0 Å². The highest BCUT2D eigenvalue weighted by atomic mass is 16.1. The fourth-order valence-corrected chi connectivity index (χ4v) is 3.22. The molecule has 1 aromatic carbocycles. The average Bonchev–Trinajstić information content (AvgIpc) is 2.89. The van der Waals surface area contributed by atoms with Gasteiger partial charge in [-0.3, -0.25) is 4.79 Å². The van der Waals surface area contributed by atoms with Crippen molar-refractivity contribution in [1.82, 2.24) is 9.88 Å². The van der Waals surface area contributed by atoms with Gasteiger partial charge in [0.1, 0.15) is 0 Å². The number of piperidine rings is 1. The van der Waals surface area contributed by atoms with E-state index in [0.29, 0.717) is 0 Å². The summed E-state index contributed by atoms with van der Waals surface area (Å²) in [5.41, 5.74) is 3.26. The number of likely N-dealkylation sites (tertiary alicyclic amines) is 1. The highest BCUT2D eigenvalue weighted by molar-refractivity contribution is 6.00. The molecule has 22 heavy (non-hydrogen) atoms. The Morgan fingerprint density at radius 2 is 1.86 bits per heavy atom. The lowest BCUT2D eigenvalue weighted by molar-refractivity contribution is 0.0852. The van der Waals surface area contributed by atoms with Gasteiger partial charge < -0.3 is 9.88 Å². The van der Waals surface area contributed by atoms with Crippen molar-refractivity contribution in [2.75, 3.05) is 20.1 Å². The van der Waals surface area contributed by atoms with E-state index in [-0.39, 0.29) is 17.1 Å². The van der Waals surface area contributed by atoms with Gasteiger partial charge in [-0.25, -0.2) is 0 Å². The molecule has 0 spiro atoms. The number of carbonyl (C=O) groups is 1. The van der Waals surface area contributed by atoms with Crippen LogP contribution in [0.2, 0.25) is 0 Å². The lowest BCUT2D eigenvalue weighted by atomic mass is 9.86. The molecule has 1 aliphatic rings. The molecular formula is C19H26N2O. The molecule has 1 aromatic heterocycles. The second kappa shape index (κ2) is 5.54. The Hall–Kier alpha value is -1.61. The van der Waals surface area contributed by atoms with Crippen molar-refractivity contribution in [1.29, 1.82) is 0 Å². The Kier molecular flexibility index (Phi) is 3.85. The van der Waals surface area contributed by atoms with Gasteiger partial charge in [-0.1, -0.05) is 26.8 Å². The number of hydrogen-bond donors (Lipinski definition) is 1. The zero-order chi connectivity index (χ0) is 15.9. The molecule has 1 fully saturated rings. The molecule has 0 aliphatic carbocycles. The quantitative estimate of drug-likeness (QED) is 0.851. The predicted octanol–water partition coefficient (Wildman–Crippen LogP) is 3.99. The van der Waals surface area contributed by atoms with Crippen molar-refractivity contribution < 1.29 is 4.79 Å². The number of aromatic amines is 1. The van der Waals surface area contributed by atoms with Gasteiger partial charge in [-0.05, 0) is 62.2 Å². The van der Waals surface area contributed by atoms with Crippen LogP contribution < -0.4 is 0 Å². The van der Waals surface area contributed by atoms with Crippen LogP contribution in [0.5, 0.6) is 0 Å². The zero-order valence-corrected chi connectivity index (χ0v) is 14.1. The largest absolute Gasteiger partial charge is 0.352 e.